The van der Waals surface area contributed by atoms with Crippen LogP contribution in [-0.2, 0) is 4.74 Å². The maximum Gasteiger partial charge on any atom is 0.270 e. The highest BCUT2D eigenvalue weighted by Gasteiger charge is 2.28. The molecule has 0 aliphatic carbocycles. The number of amides is 1. The summed E-state index contributed by atoms with van der Waals surface area (Å²) in [5.41, 5.74) is 4.35. The number of carbonyl (C=O) groups is 1. The van der Waals surface area contributed by atoms with E-state index in [2.05, 4.69) is 15.3 Å². The lowest BCUT2D eigenvalue weighted by molar-refractivity contribution is -0.0249. The fraction of sp³-hybridized carbons (Fsp3) is 0.300. The first-order chi connectivity index (χ1) is 12.6. The van der Waals surface area contributed by atoms with Crippen molar-refractivity contribution in [1.29, 1.82) is 0 Å². The van der Waals surface area contributed by atoms with Crippen molar-refractivity contribution in [3.05, 3.63) is 59.5 Å². The summed E-state index contributed by atoms with van der Waals surface area (Å²) in [5, 5.41) is 4.18. The van der Waals surface area contributed by atoms with Gasteiger partial charge in [0.05, 0.1) is 18.8 Å². The molecule has 2 aromatic heterocycles. The Morgan fingerprint density at radius 3 is 2.96 bits per heavy atom. The number of hydrogen-bond donors (Lipinski definition) is 2. The zero-order chi connectivity index (χ0) is 18.1. The molecule has 4 rings (SSSR count). The lowest BCUT2D eigenvalue weighted by atomic mass is 10.1. The first-order valence-electron chi connectivity index (χ1n) is 8.79. The van der Waals surface area contributed by atoms with Crippen LogP contribution in [0.1, 0.15) is 28.0 Å². The van der Waals surface area contributed by atoms with Crippen LogP contribution >= 0.6 is 0 Å². The number of para-hydroxylation sites is 1. The fourth-order valence-corrected chi connectivity index (χ4v) is 3.38. The van der Waals surface area contributed by atoms with Crippen LogP contribution in [0.4, 0.5) is 5.69 Å². The number of nitrogens with zero attached hydrogens (tertiary/aromatic N) is 2. The SMILES string of the molecule is CNc1cc(C)nc(C2CN(C(=O)c3cc4ccccc4[nH]3)CCO2)c1. The molecule has 0 saturated carbocycles. The van der Waals surface area contributed by atoms with Crippen LogP contribution in [0.15, 0.2) is 42.5 Å². The van der Waals surface area contributed by atoms with E-state index in [1.807, 2.05) is 61.3 Å². The number of rotatable bonds is 3. The number of H-pyrrole nitrogens is 1. The number of benzene rings is 1. The topological polar surface area (TPSA) is 70.2 Å². The van der Waals surface area contributed by atoms with Crippen molar-refractivity contribution in [2.75, 3.05) is 32.1 Å². The zero-order valence-electron chi connectivity index (χ0n) is 15.0. The van der Waals surface area contributed by atoms with Crippen LogP contribution < -0.4 is 5.32 Å². The quantitative estimate of drug-likeness (QED) is 0.761. The van der Waals surface area contributed by atoms with E-state index in [1.54, 1.807) is 0 Å². The number of aromatic amines is 1. The van der Waals surface area contributed by atoms with Crippen LogP contribution in [0.2, 0.25) is 0 Å². The minimum atomic E-state index is -0.218. The van der Waals surface area contributed by atoms with Crippen LogP contribution in [0, 0.1) is 6.92 Å². The number of ether oxygens (including phenoxy) is 1. The molecular weight excluding hydrogens is 328 g/mol. The smallest absolute Gasteiger partial charge is 0.270 e. The number of hydrogen-bond acceptors (Lipinski definition) is 4. The van der Waals surface area contributed by atoms with Gasteiger partial charge in [-0.05, 0) is 31.2 Å². The maximum absolute atomic E-state index is 12.9. The minimum absolute atomic E-state index is 0.00371. The molecule has 6 nitrogen and oxygen atoms in total. The Hall–Kier alpha value is -2.86. The highest BCUT2D eigenvalue weighted by Crippen LogP contribution is 2.25. The lowest BCUT2D eigenvalue weighted by Gasteiger charge is -2.32. The van der Waals surface area contributed by atoms with E-state index in [0.717, 1.165) is 28.0 Å². The first kappa shape index (κ1) is 16.6. The van der Waals surface area contributed by atoms with Gasteiger partial charge in [-0.3, -0.25) is 9.78 Å². The Bertz CT molecular complexity index is 917. The van der Waals surface area contributed by atoms with Crippen molar-refractivity contribution < 1.29 is 9.53 Å². The van der Waals surface area contributed by atoms with Gasteiger partial charge >= 0.3 is 0 Å². The van der Waals surface area contributed by atoms with Crippen molar-refractivity contribution in [3.63, 3.8) is 0 Å². The molecule has 6 heteroatoms. The summed E-state index contributed by atoms with van der Waals surface area (Å²) in [6.07, 6.45) is -0.218. The van der Waals surface area contributed by atoms with E-state index >= 15 is 0 Å². The molecule has 3 heterocycles. The normalized spacial score (nSPS) is 17.5. The van der Waals surface area contributed by atoms with Crippen LogP contribution in [0.25, 0.3) is 10.9 Å². The summed E-state index contributed by atoms with van der Waals surface area (Å²) < 4.78 is 5.90. The molecule has 1 saturated heterocycles. The summed E-state index contributed by atoms with van der Waals surface area (Å²) in [6.45, 7) is 3.53. The number of carbonyl (C=O) groups excluding carboxylic acids is 1. The lowest BCUT2D eigenvalue weighted by Crippen LogP contribution is -2.42. The Kier molecular flexibility index (Phi) is 4.34. The molecular formula is C20H22N4O2. The average Bonchev–Trinajstić information content (AvgIpc) is 3.11. The highest BCUT2D eigenvalue weighted by atomic mass is 16.5. The molecule has 0 radical (unpaired) electrons. The Morgan fingerprint density at radius 2 is 2.15 bits per heavy atom. The molecule has 1 aliphatic rings. The van der Waals surface area contributed by atoms with Gasteiger partial charge in [-0.25, -0.2) is 0 Å². The summed E-state index contributed by atoms with van der Waals surface area (Å²) in [6, 6.07) is 13.8. The molecule has 1 amide bonds. The standard InChI is InChI=1S/C20H22N4O2/c1-13-9-15(21-2)11-17(22-13)19-12-24(7-8-26-19)20(25)18-10-14-5-3-4-6-16(14)23-18/h3-6,9-11,19,23H,7-8,12H2,1-2H3,(H,21,22). The molecule has 0 spiro atoms. The van der Waals surface area contributed by atoms with Gasteiger partial charge in [-0.15, -0.1) is 0 Å². The summed E-state index contributed by atoms with van der Waals surface area (Å²) in [5.74, 6) is -0.00371. The molecule has 3 aromatic rings. The zero-order valence-corrected chi connectivity index (χ0v) is 15.0. The van der Waals surface area contributed by atoms with Crippen molar-refractivity contribution in [2.45, 2.75) is 13.0 Å². The van der Waals surface area contributed by atoms with E-state index in [1.165, 1.54) is 0 Å². The third kappa shape index (κ3) is 3.15. The second kappa shape index (κ2) is 6.80. The third-order valence-corrected chi connectivity index (χ3v) is 4.71. The van der Waals surface area contributed by atoms with Gasteiger partial charge in [0, 0.05) is 35.9 Å². The second-order valence-electron chi connectivity index (χ2n) is 6.55. The van der Waals surface area contributed by atoms with Crippen molar-refractivity contribution in [1.82, 2.24) is 14.9 Å². The molecule has 1 aliphatic heterocycles. The molecule has 1 aromatic carbocycles. The van der Waals surface area contributed by atoms with Gasteiger partial charge in [0.2, 0.25) is 0 Å². The highest BCUT2D eigenvalue weighted by molar-refractivity contribution is 5.98. The summed E-state index contributed by atoms with van der Waals surface area (Å²) in [7, 11) is 1.88. The van der Waals surface area contributed by atoms with Gasteiger partial charge in [-0.1, -0.05) is 18.2 Å². The number of aromatic nitrogens is 2. The Balaban J connectivity index is 1.56. The number of fused-ring (bicyclic) bond motifs is 1. The fourth-order valence-electron chi connectivity index (χ4n) is 3.38. The van der Waals surface area contributed by atoms with Gasteiger partial charge in [0.15, 0.2) is 0 Å². The van der Waals surface area contributed by atoms with E-state index < -0.39 is 0 Å². The van der Waals surface area contributed by atoms with Crippen molar-refractivity contribution in [3.8, 4) is 0 Å². The minimum Gasteiger partial charge on any atom is -0.388 e. The second-order valence-corrected chi connectivity index (χ2v) is 6.55. The van der Waals surface area contributed by atoms with E-state index in [-0.39, 0.29) is 12.0 Å². The predicted molar refractivity (Wildman–Crippen MR) is 101 cm³/mol. The molecule has 1 fully saturated rings. The number of pyridine rings is 1. The van der Waals surface area contributed by atoms with E-state index in [4.69, 9.17) is 4.74 Å². The predicted octanol–water partition coefficient (Wildman–Crippen LogP) is 3.13. The van der Waals surface area contributed by atoms with E-state index in [0.29, 0.717) is 25.4 Å². The third-order valence-electron chi connectivity index (χ3n) is 4.71. The van der Waals surface area contributed by atoms with E-state index in [9.17, 15) is 4.79 Å². The molecule has 134 valence electrons. The number of nitrogens with one attached hydrogen (secondary N) is 2. The van der Waals surface area contributed by atoms with Gasteiger partial charge < -0.3 is 19.9 Å². The number of anilines is 1. The molecule has 2 N–H and O–H groups in total. The molecule has 26 heavy (non-hydrogen) atoms. The summed E-state index contributed by atoms with van der Waals surface area (Å²) >= 11 is 0. The molecule has 0 bridgehead atoms. The monoisotopic (exact) mass is 350 g/mol. The van der Waals surface area contributed by atoms with Gasteiger partial charge in [-0.2, -0.15) is 0 Å². The van der Waals surface area contributed by atoms with Crippen molar-refractivity contribution >= 4 is 22.5 Å². The maximum atomic E-state index is 12.9. The van der Waals surface area contributed by atoms with Gasteiger partial charge in [0.25, 0.3) is 5.91 Å². The van der Waals surface area contributed by atoms with Crippen LogP contribution in [0.5, 0.6) is 0 Å². The van der Waals surface area contributed by atoms with Crippen LogP contribution in [-0.4, -0.2) is 47.5 Å². The first-order valence-corrected chi connectivity index (χ1v) is 8.79. The number of aryl methyl sites for hydroxylation is 1. The Morgan fingerprint density at radius 1 is 1.31 bits per heavy atom. The van der Waals surface area contributed by atoms with Crippen LogP contribution in [0.3, 0.4) is 0 Å². The van der Waals surface area contributed by atoms with Gasteiger partial charge in [0.1, 0.15) is 11.8 Å². The largest absolute Gasteiger partial charge is 0.388 e. The number of morpholine rings is 1. The average molecular weight is 350 g/mol. The summed E-state index contributed by atoms with van der Waals surface area (Å²) in [4.78, 5) is 22.6. The Labute approximate surface area is 152 Å². The molecule has 1 atom stereocenters. The molecule has 1 unspecified atom stereocenters. The van der Waals surface area contributed by atoms with Crippen molar-refractivity contribution in [2.24, 2.45) is 0 Å².